The largest absolute Gasteiger partial charge is 0.401 e. The van der Waals surface area contributed by atoms with Crippen LogP contribution in [0.5, 0.6) is 0 Å². The van der Waals surface area contributed by atoms with E-state index in [0.29, 0.717) is 32.0 Å². The second-order valence-corrected chi connectivity index (χ2v) is 4.99. The maximum absolute atomic E-state index is 12.3. The molecule has 0 radical (unpaired) electrons. The molecule has 1 saturated heterocycles. The Morgan fingerprint density at radius 2 is 2.32 bits per heavy atom. The minimum atomic E-state index is -4.14. The van der Waals surface area contributed by atoms with Crippen molar-refractivity contribution in [2.75, 3.05) is 26.7 Å². The van der Waals surface area contributed by atoms with E-state index in [1.165, 1.54) is 4.90 Å². The van der Waals surface area contributed by atoms with Gasteiger partial charge in [-0.1, -0.05) is 0 Å². The molecule has 1 aliphatic heterocycles. The molecule has 10 heteroatoms. The van der Waals surface area contributed by atoms with Crippen LogP contribution >= 0.6 is 24.0 Å². The molecule has 3 N–H and O–H groups in total. The van der Waals surface area contributed by atoms with Crippen molar-refractivity contribution in [1.29, 1.82) is 0 Å². The predicted molar refractivity (Wildman–Crippen MR) is 88.2 cm³/mol. The number of H-pyrrole nitrogens is 1. The molecular formula is C12H20F3IN6. The highest BCUT2D eigenvalue weighted by Gasteiger charge is 2.34. The van der Waals surface area contributed by atoms with Crippen LogP contribution in [0.1, 0.15) is 12.1 Å². The molecule has 1 fully saturated rings. The number of aromatic nitrogens is 2. The molecule has 0 amide bonds. The summed E-state index contributed by atoms with van der Waals surface area (Å²) in [6.07, 6.45) is -1.82. The van der Waals surface area contributed by atoms with Gasteiger partial charge >= 0.3 is 6.18 Å². The van der Waals surface area contributed by atoms with Crippen LogP contribution in [0.25, 0.3) is 0 Å². The fourth-order valence-electron chi connectivity index (χ4n) is 2.30. The van der Waals surface area contributed by atoms with E-state index in [2.05, 4.69) is 25.8 Å². The lowest BCUT2D eigenvalue weighted by molar-refractivity contribution is -0.143. The second kappa shape index (κ2) is 8.56. The average molecular weight is 432 g/mol. The summed E-state index contributed by atoms with van der Waals surface area (Å²) >= 11 is 0. The van der Waals surface area contributed by atoms with Gasteiger partial charge in [-0.15, -0.1) is 24.0 Å². The number of guanidine groups is 1. The van der Waals surface area contributed by atoms with Crippen molar-refractivity contribution in [3.63, 3.8) is 0 Å². The Bertz CT molecular complexity index is 462. The zero-order valence-corrected chi connectivity index (χ0v) is 14.5. The Balaban J connectivity index is 0.00000242. The summed E-state index contributed by atoms with van der Waals surface area (Å²) in [5.41, 5.74) is 0.906. The van der Waals surface area contributed by atoms with Crippen molar-refractivity contribution in [2.24, 2.45) is 4.99 Å². The predicted octanol–water partition coefficient (Wildman–Crippen LogP) is 1.33. The molecule has 1 aromatic heterocycles. The third kappa shape index (κ3) is 6.38. The second-order valence-electron chi connectivity index (χ2n) is 4.99. The quantitative estimate of drug-likeness (QED) is 0.382. The Hall–Kier alpha value is -1.04. The Morgan fingerprint density at radius 1 is 1.55 bits per heavy atom. The molecule has 1 atom stereocenters. The lowest BCUT2D eigenvalue weighted by atomic mass is 10.3. The van der Waals surface area contributed by atoms with Crippen molar-refractivity contribution in [3.8, 4) is 0 Å². The van der Waals surface area contributed by atoms with Gasteiger partial charge in [-0.25, -0.2) is 0 Å². The van der Waals surface area contributed by atoms with Crippen LogP contribution in [-0.2, 0) is 6.54 Å². The first-order valence-corrected chi connectivity index (χ1v) is 6.71. The van der Waals surface area contributed by atoms with Crippen LogP contribution in [0.2, 0.25) is 0 Å². The molecule has 0 saturated carbocycles. The molecule has 0 spiro atoms. The molecule has 22 heavy (non-hydrogen) atoms. The van der Waals surface area contributed by atoms with E-state index in [9.17, 15) is 13.2 Å². The number of nitrogens with one attached hydrogen (secondary N) is 3. The van der Waals surface area contributed by atoms with Crippen molar-refractivity contribution in [3.05, 3.63) is 18.0 Å². The monoisotopic (exact) mass is 432 g/mol. The molecule has 1 aliphatic rings. The standard InChI is InChI=1S/C12H19F3N6.HI/c1-16-11(17-6-9-2-4-18-20-9)19-10-3-5-21(7-10)8-12(13,14)15;/h2,4,10H,3,5-8H2,1H3,(H,18,20)(H2,16,17,19);1H. The molecule has 2 rings (SSSR count). The molecule has 1 aromatic rings. The molecule has 0 aromatic carbocycles. The first-order chi connectivity index (χ1) is 9.96. The van der Waals surface area contributed by atoms with Gasteiger partial charge in [0.1, 0.15) is 0 Å². The minimum Gasteiger partial charge on any atom is -0.352 e. The number of aromatic amines is 1. The van der Waals surface area contributed by atoms with Crippen LogP contribution in [0.3, 0.4) is 0 Å². The van der Waals surface area contributed by atoms with Gasteiger partial charge in [0.25, 0.3) is 0 Å². The van der Waals surface area contributed by atoms with Gasteiger partial charge in [0, 0.05) is 32.4 Å². The third-order valence-electron chi connectivity index (χ3n) is 3.24. The molecule has 1 unspecified atom stereocenters. The first kappa shape index (κ1) is 19.0. The number of halogens is 4. The summed E-state index contributed by atoms with van der Waals surface area (Å²) in [6, 6.07) is 1.81. The van der Waals surface area contributed by atoms with Crippen molar-refractivity contribution in [1.82, 2.24) is 25.7 Å². The third-order valence-corrected chi connectivity index (χ3v) is 3.24. The van der Waals surface area contributed by atoms with Crippen LogP contribution in [0, 0.1) is 0 Å². The number of aliphatic imine (C=N–C) groups is 1. The average Bonchev–Trinajstić information content (AvgIpc) is 3.04. The van der Waals surface area contributed by atoms with Gasteiger partial charge in [0.2, 0.25) is 0 Å². The molecule has 6 nitrogen and oxygen atoms in total. The van der Waals surface area contributed by atoms with Gasteiger partial charge in [-0.3, -0.25) is 15.0 Å². The number of alkyl halides is 3. The Morgan fingerprint density at radius 3 is 2.91 bits per heavy atom. The minimum absolute atomic E-state index is 0. The van der Waals surface area contributed by atoms with Crippen molar-refractivity contribution in [2.45, 2.75) is 25.2 Å². The Kier molecular flexibility index (Phi) is 7.39. The highest BCUT2D eigenvalue weighted by atomic mass is 127. The van der Waals surface area contributed by atoms with E-state index in [1.807, 2.05) is 6.07 Å². The van der Waals surface area contributed by atoms with E-state index in [0.717, 1.165) is 5.69 Å². The van der Waals surface area contributed by atoms with E-state index in [-0.39, 0.29) is 30.0 Å². The number of hydrogen-bond donors (Lipinski definition) is 3. The highest BCUT2D eigenvalue weighted by Crippen LogP contribution is 2.19. The summed E-state index contributed by atoms with van der Waals surface area (Å²) in [5.74, 6) is 0.573. The van der Waals surface area contributed by atoms with Gasteiger partial charge < -0.3 is 10.6 Å². The first-order valence-electron chi connectivity index (χ1n) is 6.71. The van der Waals surface area contributed by atoms with Gasteiger partial charge in [0.15, 0.2) is 5.96 Å². The van der Waals surface area contributed by atoms with E-state index >= 15 is 0 Å². The van der Waals surface area contributed by atoms with Crippen molar-refractivity contribution < 1.29 is 13.2 Å². The summed E-state index contributed by atoms with van der Waals surface area (Å²) in [4.78, 5) is 5.47. The lowest BCUT2D eigenvalue weighted by Gasteiger charge is -2.19. The highest BCUT2D eigenvalue weighted by molar-refractivity contribution is 14.0. The van der Waals surface area contributed by atoms with Crippen LogP contribution in [-0.4, -0.2) is 60.0 Å². The maximum atomic E-state index is 12.3. The SMILES string of the molecule is CN=C(NCc1ccn[nH]1)NC1CCN(CC(F)(F)F)C1.I. The van der Waals surface area contributed by atoms with Gasteiger partial charge in [-0.2, -0.15) is 18.3 Å². The smallest absolute Gasteiger partial charge is 0.352 e. The van der Waals surface area contributed by atoms with E-state index in [1.54, 1.807) is 13.2 Å². The normalized spacial score (nSPS) is 19.8. The zero-order chi connectivity index (χ0) is 15.3. The fraction of sp³-hybridized carbons (Fsp3) is 0.667. The molecule has 126 valence electrons. The van der Waals surface area contributed by atoms with Crippen molar-refractivity contribution >= 4 is 29.9 Å². The fourth-order valence-corrected chi connectivity index (χ4v) is 2.30. The summed E-state index contributed by atoms with van der Waals surface area (Å²) in [7, 11) is 1.63. The molecule has 0 aliphatic carbocycles. The lowest BCUT2D eigenvalue weighted by Crippen LogP contribution is -2.44. The molecular weight excluding hydrogens is 412 g/mol. The number of likely N-dealkylation sites (tertiary alicyclic amines) is 1. The molecule has 0 bridgehead atoms. The van der Waals surface area contributed by atoms with E-state index in [4.69, 9.17) is 0 Å². The Labute approximate surface area is 144 Å². The van der Waals surface area contributed by atoms with E-state index < -0.39 is 12.7 Å². The zero-order valence-electron chi connectivity index (χ0n) is 12.2. The topological polar surface area (TPSA) is 68.3 Å². The molecule has 2 heterocycles. The summed E-state index contributed by atoms with van der Waals surface area (Å²) in [5, 5.41) is 12.9. The summed E-state index contributed by atoms with van der Waals surface area (Å²) in [6.45, 7) is 0.475. The number of hydrogen-bond acceptors (Lipinski definition) is 3. The van der Waals surface area contributed by atoms with Crippen LogP contribution < -0.4 is 10.6 Å². The van der Waals surface area contributed by atoms with Crippen LogP contribution in [0.15, 0.2) is 17.3 Å². The number of nitrogens with zero attached hydrogens (tertiary/aromatic N) is 3. The van der Waals surface area contributed by atoms with Crippen LogP contribution in [0.4, 0.5) is 13.2 Å². The maximum Gasteiger partial charge on any atom is 0.401 e. The van der Waals surface area contributed by atoms with Gasteiger partial charge in [0.05, 0.1) is 18.8 Å². The summed E-state index contributed by atoms with van der Waals surface area (Å²) < 4.78 is 37.0. The van der Waals surface area contributed by atoms with Gasteiger partial charge in [-0.05, 0) is 12.5 Å². The number of rotatable bonds is 4.